The third-order valence-electron chi connectivity index (χ3n) is 6.18. The van der Waals surface area contributed by atoms with Gasteiger partial charge in [0.2, 0.25) is 5.91 Å². The summed E-state index contributed by atoms with van der Waals surface area (Å²) < 4.78 is 0. The molecule has 3 saturated heterocycles. The maximum Gasteiger partial charge on any atom is 0.256 e. The zero-order valence-corrected chi connectivity index (χ0v) is 15.8. The van der Waals surface area contributed by atoms with Crippen molar-refractivity contribution >= 4 is 29.1 Å². The average Bonchev–Trinajstić information content (AvgIpc) is 3.28. The van der Waals surface area contributed by atoms with Crippen molar-refractivity contribution in [2.24, 2.45) is 5.92 Å². The number of benzene rings is 2. The second-order valence-electron chi connectivity index (χ2n) is 7.58. The van der Waals surface area contributed by atoms with E-state index in [2.05, 4.69) is 10.0 Å². The van der Waals surface area contributed by atoms with Gasteiger partial charge in [-0.2, -0.15) is 0 Å². The molecule has 0 radical (unpaired) electrons. The summed E-state index contributed by atoms with van der Waals surface area (Å²) in [7, 11) is 0. The highest BCUT2D eigenvalue weighted by atomic mass is 35.5. The van der Waals surface area contributed by atoms with E-state index >= 15 is 0 Å². The first-order valence-corrected chi connectivity index (χ1v) is 9.64. The van der Waals surface area contributed by atoms with Gasteiger partial charge in [-0.05, 0) is 37.1 Å². The third kappa shape index (κ3) is 2.19. The lowest BCUT2D eigenvalue weighted by Crippen LogP contribution is -2.52. The van der Waals surface area contributed by atoms with Gasteiger partial charge in [-0.1, -0.05) is 48.0 Å². The smallest absolute Gasteiger partial charge is 0.256 e. The van der Waals surface area contributed by atoms with Crippen LogP contribution in [-0.4, -0.2) is 40.5 Å². The minimum Gasteiger partial charge on any atom is -0.274 e. The van der Waals surface area contributed by atoms with Gasteiger partial charge in [0.05, 0.1) is 17.6 Å². The van der Waals surface area contributed by atoms with E-state index in [0.29, 0.717) is 10.7 Å². The summed E-state index contributed by atoms with van der Waals surface area (Å²) >= 11 is 6.12. The van der Waals surface area contributed by atoms with Gasteiger partial charge in [0.25, 0.3) is 5.91 Å². The van der Waals surface area contributed by atoms with Crippen molar-refractivity contribution < 1.29 is 9.59 Å². The molecule has 3 fully saturated rings. The molecule has 0 saturated carbocycles. The summed E-state index contributed by atoms with van der Waals surface area (Å²) in [5, 5.41) is 4.86. The Balaban J connectivity index is 1.65. The van der Waals surface area contributed by atoms with E-state index < -0.39 is 11.5 Å². The molecule has 0 bridgehead atoms. The second kappa shape index (κ2) is 5.89. The van der Waals surface area contributed by atoms with Gasteiger partial charge in [0.15, 0.2) is 0 Å². The highest BCUT2D eigenvalue weighted by molar-refractivity contribution is 6.31. The fraction of sp³-hybridized carbons (Fsp3) is 0.333. The third-order valence-corrected chi connectivity index (χ3v) is 6.41. The molecule has 0 N–H and O–H groups in total. The van der Waals surface area contributed by atoms with Gasteiger partial charge in [-0.15, -0.1) is 0 Å². The normalized spacial score (nSPS) is 30.8. The molecular formula is C21H20ClN3O2. The van der Waals surface area contributed by atoms with Crippen LogP contribution >= 0.6 is 11.6 Å². The van der Waals surface area contributed by atoms with Crippen LogP contribution in [0.3, 0.4) is 0 Å². The molecule has 3 aliphatic rings. The molecule has 138 valence electrons. The molecule has 3 unspecified atom stereocenters. The van der Waals surface area contributed by atoms with Gasteiger partial charge in [-0.25, -0.2) is 14.9 Å². The van der Waals surface area contributed by atoms with Gasteiger partial charge < -0.3 is 0 Å². The van der Waals surface area contributed by atoms with Crippen LogP contribution in [0, 0.1) is 5.92 Å². The summed E-state index contributed by atoms with van der Waals surface area (Å²) in [5.74, 6) is -0.746. The van der Waals surface area contributed by atoms with Crippen LogP contribution in [0.1, 0.15) is 24.9 Å². The Bertz CT molecular complexity index is 934. The molecule has 0 spiro atoms. The summed E-state index contributed by atoms with van der Waals surface area (Å²) in [6.45, 7) is 3.58. The Kier molecular flexibility index (Phi) is 3.69. The first kappa shape index (κ1) is 16.9. The zero-order chi connectivity index (χ0) is 18.8. The molecular weight excluding hydrogens is 362 g/mol. The highest BCUT2D eigenvalue weighted by Gasteiger charge is 2.70. The minimum atomic E-state index is -0.865. The molecule has 3 heterocycles. The number of imide groups is 1. The van der Waals surface area contributed by atoms with Crippen molar-refractivity contribution in [3.8, 4) is 0 Å². The monoisotopic (exact) mass is 381 g/mol. The van der Waals surface area contributed by atoms with E-state index in [1.807, 2.05) is 37.3 Å². The summed E-state index contributed by atoms with van der Waals surface area (Å²) in [6.07, 6.45) is 0.990. The number of nitrogens with zero attached hydrogens (tertiary/aromatic N) is 3. The molecule has 27 heavy (non-hydrogen) atoms. The van der Waals surface area contributed by atoms with E-state index in [4.69, 9.17) is 11.6 Å². The van der Waals surface area contributed by atoms with E-state index in [9.17, 15) is 9.59 Å². The van der Waals surface area contributed by atoms with Gasteiger partial charge in [0, 0.05) is 18.1 Å². The van der Waals surface area contributed by atoms with Gasteiger partial charge in [0.1, 0.15) is 5.54 Å². The standard InChI is InChI=1S/C21H20ClN3O2/c1-21-17(19(26)25(20(21)27)16-10-5-9-15(22)13-16)18(14-7-3-2-4-8-14)23-11-6-12-24(21)23/h2-5,7-10,13,17-18H,6,11-12H2,1H3. The van der Waals surface area contributed by atoms with Crippen molar-refractivity contribution in [3.63, 3.8) is 0 Å². The lowest BCUT2D eigenvalue weighted by atomic mass is 9.81. The van der Waals surface area contributed by atoms with Gasteiger partial charge >= 0.3 is 0 Å². The summed E-state index contributed by atoms with van der Waals surface area (Å²) in [5.41, 5.74) is 0.758. The number of hydrogen-bond donors (Lipinski definition) is 0. The molecule has 2 aromatic rings. The van der Waals surface area contributed by atoms with Crippen LogP contribution in [-0.2, 0) is 9.59 Å². The number of amides is 2. The number of carbonyl (C=O) groups excluding carboxylic acids is 2. The quantitative estimate of drug-likeness (QED) is 0.749. The molecule has 0 aliphatic carbocycles. The number of halogens is 1. The predicted molar refractivity (Wildman–Crippen MR) is 103 cm³/mol. The van der Waals surface area contributed by atoms with Crippen LogP contribution in [0.5, 0.6) is 0 Å². The first-order valence-electron chi connectivity index (χ1n) is 9.26. The Hall–Kier alpha value is -2.21. The average molecular weight is 382 g/mol. The number of hydrogen-bond acceptors (Lipinski definition) is 4. The Morgan fingerprint density at radius 1 is 1.04 bits per heavy atom. The van der Waals surface area contributed by atoms with Crippen molar-refractivity contribution in [1.82, 2.24) is 10.0 Å². The number of carbonyl (C=O) groups is 2. The van der Waals surface area contributed by atoms with Crippen LogP contribution < -0.4 is 4.90 Å². The first-order chi connectivity index (χ1) is 13.0. The van der Waals surface area contributed by atoms with Crippen molar-refractivity contribution in [2.75, 3.05) is 18.0 Å². The van der Waals surface area contributed by atoms with Crippen molar-refractivity contribution in [3.05, 3.63) is 65.2 Å². The fourth-order valence-corrected chi connectivity index (χ4v) is 5.20. The Morgan fingerprint density at radius 3 is 2.56 bits per heavy atom. The zero-order valence-electron chi connectivity index (χ0n) is 15.0. The molecule has 2 amide bonds. The molecule has 3 aliphatic heterocycles. The fourth-order valence-electron chi connectivity index (χ4n) is 5.02. The lowest BCUT2D eigenvalue weighted by molar-refractivity contribution is -0.131. The lowest BCUT2D eigenvalue weighted by Gasteiger charge is -2.33. The maximum absolute atomic E-state index is 13.5. The van der Waals surface area contributed by atoms with E-state index in [-0.39, 0.29) is 17.9 Å². The molecule has 3 atom stereocenters. The molecule has 6 heteroatoms. The van der Waals surface area contributed by atoms with Crippen LogP contribution in [0.25, 0.3) is 0 Å². The summed E-state index contributed by atoms with van der Waals surface area (Å²) in [4.78, 5) is 28.4. The van der Waals surface area contributed by atoms with E-state index in [1.54, 1.807) is 24.3 Å². The topological polar surface area (TPSA) is 43.9 Å². The Morgan fingerprint density at radius 2 is 1.81 bits per heavy atom. The van der Waals surface area contributed by atoms with Crippen LogP contribution in [0.4, 0.5) is 5.69 Å². The Labute approximate surface area is 163 Å². The largest absolute Gasteiger partial charge is 0.274 e. The summed E-state index contributed by atoms with van der Waals surface area (Å²) in [6, 6.07) is 16.9. The maximum atomic E-state index is 13.5. The van der Waals surface area contributed by atoms with Gasteiger partial charge in [-0.3, -0.25) is 9.59 Å². The predicted octanol–water partition coefficient (Wildman–Crippen LogP) is 3.27. The van der Waals surface area contributed by atoms with E-state index in [0.717, 1.165) is 25.1 Å². The number of rotatable bonds is 2. The SMILES string of the molecule is CC12C(=O)N(c3cccc(Cl)c3)C(=O)C1C(c1ccccc1)N1CCCN12. The number of hydrazine groups is 1. The highest BCUT2D eigenvalue weighted by Crippen LogP contribution is 2.54. The number of fused-ring (bicyclic) bond motifs is 3. The van der Waals surface area contributed by atoms with Crippen molar-refractivity contribution in [1.29, 1.82) is 0 Å². The van der Waals surface area contributed by atoms with Crippen LogP contribution in [0.2, 0.25) is 5.02 Å². The molecule has 0 aromatic heterocycles. The van der Waals surface area contributed by atoms with E-state index in [1.165, 1.54) is 4.90 Å². The second-order valence-corrected chi connectivity index (χ2v) is 8.02. The van der Waals surface area contributed by atoms with Crippen LogP contribution in [0.15, 0.2) is 54.6 Å². The molecule has 5 rings (SSSR count). The molecule has 5 nitrogen and oxygen atoms in total. The van der Waals surface area contributed by atoms with Crippen molar-refractivity contribution in [2.45, 2.75) is 24.9 Å². The molecule has 2 aromatic carbocycles. The minimum absolute atomic E-state index is 0.126. The number of anilines is 1.